The van der Waals surface area contributed by atoms with E-state index in [1.165, 1.54) is 0 Å². The van der Waals surface area contributed by atoms with E-state index >= 15 is 0 Å². The van der Waals surface area contributed by atoms with Crippen LogP contribution in [0.5, 0.6) is 0 Å². The van der Waals surface area contributed by atoms with E-state index in [0.717, 1.165) is 19.5 Å². The largest absolute Gasteiger partial charge is 0.344 e. The molecular weight excluding hydrogens is 190 g/mol. The van der Waals surface area contributed by atoms with E-state index < -0.39 is 0 Å². The van der Waals surface area contributed by atoms with E-state index in [4.69, 9.17) is 6.42 Å². The van der Waals surface area contributed by atoms with Crippen molar-refractivity contribution in [3.8, 4) is 12.3 Å². The van der Waals surface area contributed by atoms with Crippen molar-refractivity contribution in [2.45, 2.75) is 19.4 Å². The molecule has 86 valence electrons. The second-order valence-corrected chi connectivity index (χ2v) is 3.54. The van der Waals surface area contributed by atoms with Crippen molar-refractivity contribution in [1.82, 2.24) is 15.5 Å². The number of hydrogen-bond donors (Lipinski definition) is 2. The Morgan fingerprint density at radius 3 is 2.80 bits per heavy atom. The van der Waals surface area contributed by atoms with Crippen LogP contribution in [0.25, 0.3) is 0 Å². The molecule has 1 unspecified atom stereocenters. The number of likely N-dealkylation sites (N-methyl/N-ethyl adjacent to an activating group) is 1. The third kappa shape index (κ3) is 6.10. The van der Waals surface area contributed by atoms with Crippen LogP contribution in [-0.2, 0) is 4.79 Å². The Morgan fingerprint density at radius 1 is 1.60 bits per heavy atom. The highest BCUT2D eigenvalue weighted by Crippen LogP contribution is 1.96. The first-order chi connectivity index (χ1) is 7.13. The number of rotatable bonds is 7. The fraction of sp³-hybridized carbons (Fsp3) is 0.727. The summed E-state index contributed by atoms with van der Waals surface area (Å²) < 4.78 is 0. The maximum atomic E-state index is 11.5. The van der Waals surface area contributed by atoms with Gasteiger partial charge in [-0.1, -0.05) is 5.92 Å². The standard InChI is InChI=1S/C11H21N3O/c1-5-7-13-11(15)10(2)14(4)9-6-8-12-3/h1,10,12H,6-9H2,2-4H3,(H,13,15). The summed E-state index contributed by atoms with van der Waals surface area (Å²) in [7, 11) is 3.86. The SMILES string of the molecule is C#CCNC(=O)C(C)N(C)CCCNC. The van der Waals surface area contributed by atoms with Crippen LogP contribution in [-0.4, -0.2) is 50.6 Å². The fourth-order valence-electron chi connectivity index (χ4n) is 1.18. The van der Waals surface area contributed by atoms with Gasteiger partial charge in [0.1, 0.15) is 0 Å². The van der Waals surface area contributed by atoms with Crippen molar-refractivity contribution in [1.29, 1.82) is 0 Å². The van der Waals surface area contributed by atoms with Gasteiger partial charge in [0.2, 0.25) is 5.91 Å². The molecule has 0 heterocycles. The molecule has 0 aliphatic heterocycles. The molecule has 4 heteroatoms. The van der Waals surface area contributed by atoms with Crippen molar-refractivity contribution in [2.75, 3.05) is 33.7 Å². The molecule has 4 nitrogen and oxygen atoms in total. The number of carbonyl (C=O) groups excluding carboxylic acids is 1. The van der Waals surface area contributed by atoms with Crippen LogP contribution < -0.4 is 10.6 Å². The summed E-state index contributed by atoms with van der Waals surface area (Å²) in [6.07, 6.45) is 6.09. The lowest BCUT2D eigenvalue weighted by Crippen LogP contribution is -2.44. The molecule has 1 atom stereocenters. The molecule has 0 spiro atoms. The highest BCUT2D eigenvalue weighted by atomic mass is 16.2. The Hall–Kier alpha value is -1.05. The van der Waals surface area contributed by atoms with Gasteiger partial charge in [0.25, 0.3) is 0 Å². The molecule has 1 amide bonds. The van der Waals surface area contributed by atoms with Crippen molar-refractivity contribution in [3.63, 3.8) is 0 Å². The smallest absolute Gasteiger partial charge is 0.237 e. The second-order valence-electron chi connectivity index (χ2n) is 3.54. The molecule has 0 aliphatic rings. The topological polar surface area (TPSA) is 44.4 Å². The maximum absolute atomic E-state index is 11.5. The first kappa shape index (κ1) is 13.9. The van der Waals surface area contributed by atoms with Crippen molar-refractivity contribution in [3.05, 3.63) is 0 Å². The molecule has 2 N–H and O–H groups in total. The third-order valence-electron chi connectivity index (χ3n) is 2.34. The minimum atomic E-state index is -0.129. The molecule has 0 radical (unpaired) electrons. The third-order valence-corrected chi connectivity index (χ3v) is 2.34. The number of nitrogens with one attached hydrogen (secondary N) is 2. The first-order valence-electron chi connectivity index (χ1n) is 5.19. The van der Waals surface area contributed by atoms with Crippen molar-refractivity contribution >= 4 is 5.91 Å². The van der Waals surface area contributed by atoms with E-state index in [0.29, 0.717) is 6.54 Å². The van der Waals surface area contributed by atoms with E-state index in [2.05, 4.69) is 16.6 Å². The van der Waals surface area contributed by atoms with Crippen LogP contribution >= 0.6 is 0 Å². The zero-order chi connectivity index (χ0) is 11.7. The van der Waals surface area contributed by atoms with E-state index in [1.807, 2.05) is 25.9 Å². The molecular formula is C11H21N3O. The molecule has 0 aromatic heterocycles. The average Bonchev–Trinajstić information content (AvgIpc) is 2.24. The Balaban J connectivity index is 3.81. The lowest BCUT2D eigenvalue weighted by molar-refractivity contribution is -0.125. The molecule has 0 saturated carbocycles. The summed E-state index contributed by atoms with van der Waals surface area (Å²) in [6.45, 7) is 4.03. The van der Waals surface area contributed by atoms with Crippen LogP contribution in [0.15, 0.2) is 0 Å². The minimum Gasteiger partial charge on any atom is -0.344 e. The second kappa shape index (κ2) is 8.27. The number of carbonyl (C=O) groups is 1. The summed E-state index contributed by atoms with van der Waals surface area (Å²) >= 11 is 0. The van der Waals surface area contributed by atoms with Gasteiger partial charge in [0, 0.05) is 0 Å². The van der Waals surface area contributed by atoms with Crippen LogP contribution in [0.2, 0.25) is 0 Å². The molecule has 0 aromatic rings. The van der Waals surface area contributed by atoms with Crippen LogP contribution in [0, 0.1) is 12.3 Å². The van der Waals surface area contributed by atoms with Crippen LogP contribution in [0.1, 0.15) is 13.3 Å². The van der Waals surface area contributed by atoms with Crippen LogP contribution in [0.3, 0.4) is 0 Å². The van der Waals surface area contributed by atoms with E-state index in [-0.39, 0.29) is 11.9 Å². The van der Waals surface area contributed by atoms with Crippen molar-refractivity contribution in [2.24, 2.45) is 0 Å². The monoisotopic (exact) mass is 211 g/mol. The normalized spacial score (nSPS) is 12.2. The minimum absolute atomic E-state index is 0.0140. The van der Waals surface area contributed by atoms with Gasteiger partial charge in [-0.25, -0.2) is 0 Å². The van der Waals surface area contributed by atoms with Gasteiger partial charge in [-0.05, 0) is 40.5 Å². The van der Waals surface area contributed by atoms with E-state index in [9.17, 15) is 4.79 Å². The molecule has 0 aliphatic carbocycles. The number of nitrogens with zero attached hydrogens (tertiary/aromatic N) is 1. The zero-order valence-corrected chi connectivity index (χ0v) is 9.84. The molecule has 0 bridgehead atoms. The Labute approximate surface area is 92.4 Å². The molecule has 0 saturated heterocycles. The predicted octanol–water partition coefficient (Wildman–Crippen LogP) is -0.334. The molecule has 0 aromatic carbocycles. The van der Waals surface area contributed by atoms with Gasteiger partial charge >= 0.3 is 0 Å². The quantitative estimate of drug-likeness (QED) is 0.447. The predicted molar refractivity (Wildman–Crippen MR) is 62.5 cm³/mol. The summed E-state index contributed by atoms with van der Waals surface area (Å²) in [5.74, 6) is 2.37. The Morgan fingerprint density at radius 2 is 2.27 bits per heavy atom. The summed E-state index contributed by atoms with van der Waals surface area (Å²) in [5, 5.41) is 5.74. The number of terminal acetylenes is 1. The first-order valence-corrected chi connectivity index (χ1v) is 5.19. The molecule has 15 heavy (non-hydrogen) atoms. The van der Waals surface area contributed by atoms with Gasteiger partial charge in [-0.3, -0.25) is 9.69 Å². The fourth-order valence-corrected chi connectivity index (χ4v) is 1.18. The lowest BCUT2D eigenvalue weighted by atomic mass is 10.2. The average molecular weight is 211 g/mol. The van der Waals surface area contributed by atoms with Gasteiger partial charge < -0.3 is 10.6 Å². The number of amides is 1. The molecule has 0 rings (SSSR count). The highest BCUT2D eigenvalue weighted by Gasteiger charge is 2.16. The maximum Gasteiger partial charge on any atom is 0.237 e. The zero-order valence-electron chi connectivity index (χ0n) is 9.84. The summed E-state index contributed by atoms with van der Waals surface area (Å²) in [4.78, 5) is 13.5. The highest BCUT2D eigenvalue weighted by molar-refractivity contribution is 5.81. The van der Waals surface area contributed by atoms with E-state index in [1.54, 1.807) is 0 Å². The number of hydrogen-bond acceptors (Lipinski definition) is 3. The van der Waals surface area contributed by atoms with Crippen molar-refractivity contribution < 1.29 is 4.79 Å². The summed E-state index contributed by atoms with van der Waals surface area (Å²) in [6, 6.07) is -0.129. The Bertz CT molecular complexity index is 222. The van der Waals surface area contributed by atoms with Gasteiger partial charge in [0.05, 0.1) is 12.6 Å². The van der Waals surface area contributed by atoms with Crippen LogP contribution in [0.4, 0.5) is 0 Å². The van der Waals surface area contributed by atoms with Gasteiger partial charge in [0.15, 0.2) is 0 Å². The van der Waals surface area contributed by atoms with Gasteiger partial charge in [-0.15, -0.1) is 6.42 Å². The Kier molecular flexibility index (Phi) is 7.69. The lowest BCUT2D eigenvalue weighted by Gasteiger charge is -2.23. The molecule has 0 fully saturated rings. The summed E-state index contributed by atoms with van der Waals surface area (Å²) in [5.41, 5.74) is 0. The van der Waals surface area contributed by atoms with Gasteiger partial charge in [-0.2, -0.15) is 0 Å².